The molecule has 106 valence electrons. The van der Waals surface area contributed by atoms with E-state index < -0.39 is 0 Å². The number of ketones is 1. The summed E-state index contributed by atoms with van der Waals surface area (Å²) in [6, 6.07) is 11.8. The molecular weight excluding hydrogens is 332 g/mol. The number of carbonyl (C=O) groups excluding carboxylic acids is 1. The van der Waals surface area contributed by atoms with E-state index in [1.807, 2.05) is 23.6 Å². The average molecular weight is 340 g/mol. The van der Waals surface area contributed by atoms with Gasteiger partial charge < -0.3 is 0 Å². The fourth-order valence-corrected chi connectivity index (χ4v) is 5.13. The lowest BCUT2D eigenvalue weighted by atomic mass is 10.1. The van der Waals surface area contributed by atoms with Crippen molar-refractivity contribution in [2.45, 2.75) is 6.92 Å². The van der Waals surface area contributed by atoms with Crippen molar-refractivity contribution in [1.29, 1.82) is 10.5 Å². The fraction of sp³-hybridized carbons (Fsp3) is 0.0625. The highest BCUT2D eigenvalue weighted by atomic mass is 32.1. The summed E-state index contributed by atoms with van der Waals surface area (Å²) in [6.45, 7) is 1.52. The van der Waals surface area contributed by atoms with Crippen LogP contribution in [0.1, 0.15) is 27.7 Å². The predicted octanol–water partition coefficient (Wildman–Crippen LogP) is 5.15. The first kappa shape index (κ1) is 14.7. The number of Topliss-reactive ketones (excluding diaryl/α,β-unsaturated/α-hetero) is 1. The number of rotatable bonds is 3. The molecule has 0 N–H and O–H groups in total. The molecule has 0 bridgehead atoms. The maximum absolute atomic E-state index is 11.5. The maximum Gasteiger partial charge on any atom is 0.169 e. The monoisotopic (exact) mass is 340 g/mol. The Morgan fingerprint density at radius 1 is 1.00 bits per heavy atom. The van der Waals surface area contributed by atoms with E-state index in [-0.39, 0.29) is 5.78 Å². The van der Waals surface area contributed by atoms with Crippen molar-refractivity contribution in [3.8, 4) is 31.6 Å². The Labute approximate surface area is 139 Å². The van der Waals surface area contributed by atoms with Gasteiger partial charge in [0.25, 0.3) is 0 Å². The first-order valence-electron chi connectivity index (χ1n) is 6.27. The zero-order valence-electron chi connectivity index (χ0n) is 11.4. The number of hydrogen-bond donors (Lipinski definition) is 0. The van der Waals surface area contributed by atoms with E-state index >= 15 is 0 Å². The summed E-state index contributed by atoms with van der Waals surface area (Å²) >= 11 is 4.34. The Morgan fingerprint density at radius 3 is 2.18 bits per heavy atom. The third-order valence-electron chi connectivity index (χ3n) is 3.05. The second-order valence-electron chi connectivity index (χ2n) is 4.43. The van der Waals surface area contributed by atoms with Gasteiger partial charge in [0, 0.05) is 9.75 Å². The second kappa shape index (κ2) is 5.86. The molecule has 3 heterocycles. The zero-order chi connectivity index (χ0) is 15.7. The molecule has 0 unspecified atom stereocenters. The molecule has 0 amide bonds. The van der Waals surface area contributed by atoms with Crippen molar-refractivity contribution >= 4 is 39.8 Å². The highest BCUT2D eigenvalue weighted by Gasteiger charge is 2.22. The van der Waals surface area contributed by atoms with Crippen LogP contribution in [-0.4, -0.2) is 5.78 Å². The molecule has 3 aromatic rings. The van der Waals surface area contributed by atoms with E-state index in [0.717, 1.165) is 19.5 Å². The number of hydrogen-bond acceptors (Lipinski definition) is 6. The highest BCUT2D eigenvalue weighted by molar-refractivity contribution is 7.27. The number of carbonyl (C=O) groups is 1. The van der Waals surface area contributed by atoms with E-state index in [9.17, 15) is 15.3 Å². The van der Waals surface area contributed by atoms with E-state index in [1.54, 1.807) is 17.4 Å². The first-order valence-corrected chi connectivity index (χ1v) is 8.79. The molecular formula is C16H8N2OS3. The lowest BCUT2D eigenvalue weighted by Gasteiger charge is -1.92. The molecule has 0 saturated carbocycles. The van der Waals surface area contributed by atoms with Crippen LogP contribution in [0, 0.1) is 22.7 Å². The average Bonchev–Trinajstić information content (AvgIpc) is 3.23. The molecule has 0 fully saturated rings. The van der Waals surface area contributed by atoms with Crippen molar-refractivity contribution in [2.24, 2.45) is 0 Å². The van der Waals surface area contributed by atoms with Gasteiger partial charge in [-0.2, -0.15) is 10.5 Å². The van der Waals surface area contributed by atoms with Gasteiger partial charge in [0.05, 0.1) is 25.8 Å². The van der Waals surface area contributed by atoms with Crippen LogP contribution < -0.4 is 0 Å². The van der Waals surface area contributed by atoms with Crippen LogP contribution >= 0.6 is 34.0 Å². The minimum Gasteiger partial charge on any atom is -0.294 e. The number of thiophene rings is 3. The molecule has 0 aromatic carbocycles. The lowest BCUT2D eigenvalue weighted by Crippen LogP contribution is -1.83. The second-order valence-corrected chi connectivity index (χ2v) is 7.48. The van der Waals surface area contributed by atoms with E-state index in [4.69, 9.17) is 0 Å². The largest absolute Gasteiger partial charge is 0.294 e. The van der Waals surface area contributed by atoms with Crippen molar-refractivity contribution in [1.82, 2.24) is 0 Å². The lowest BCUT2D eigenvalue weighted by molar-refractivity contribution is 0.102. The van der Waals surface area contributed by atoms with Crippen molar-refractivity contribution < 1.29 is 4.79 Å². The summed E-state index contributed by atoms with van der Waals surface area (Å²) in [7, 11) is 0. The first-order chi connectivity index (χ1) is 10.7. The Morgan fingerprint density at radius 2 is 1.68 bits per heavy atom. The predicted molar refractivity (Wildman–Crippen MR) is 90.4 cm³/mol. The van der Waals surface area contributed by atoms with Gasteiger partial charge in [0.15, 0.2) is 5.78 Å². The fourth-order valence-electron chi connectivity index (χ4n) is 2.05. The Bertz CT molecular complexity index is 933. The van der Waals surface area contributed by atoms with E-state index in [2.05, 4.69) is 12.1 Å². The van der Waals surface area contributed by atoms with Crippen molar-refractivity contribution in [3.05, 3.63) is 45.6 Å². The van der Waals surface area contributed by atoms with Crippen molar-refractivity contribution in [2.75, 3.05) is 0 Å². The smallest absolute Gasteiger partial charge is 0.169 e. The van der Waals surface area contributed by atoms with Gasteiger partial charge in [0.2, 0.25) is 0 Å². The van der Waals surface area contributed by atoms with Crippen LogP contribution in [-0.2, 0) is 0 Å². The molecule has 6 heteroatoms. The number of nitriles is 2. The summed E-state index contributed by atoms with van der Waals surface area (Å²) in [6.07, 6.45) is 0. The van der Waals surface area contributed by atoms with Crippen molar-refractivity contribution in [3.63, 3.8) is 0 Å². The van der Waals surface area contributed by atoms with Gasteiger partial charge in [-0.15, -0.1) is 34.0 Å². The van der Waals surface area contributed by atoms with Gasteiger partial charge in [-0.1, -0.05) is 6.07 Å². The highest BCUT2D eigenvalue weighted by Crippen LogP contribution is 2.44. The molecule has 0 radical (unpaired) electrons. The Hall–Kier alpha value is -2.25. The molecule has 0 aliphatic carbocycles. The topological polar surface area (TPSA) is 64.7 Å². The summed E-state index contributed by atoms with van der Waals surface area (Å²) in [5, 5.41) is 20.9. The molecule has 3 aromatic heterocycles. The van der Waals surface area contributed by atoms with Crippen LogP contribution in [0.2, 0.25) is 0 Å². The third-order valence-corrected chi connectivity index (χ3v) is 6.66. The number of nitrogens with zero attached hydrogens (tertiary/aromatic N) is 2. The standard InChI is InChI=1S/C16H8N2OS3/c1-9(19)12-4-5-14(21-12)16-11(8-18)10(7-17)15(22-16)13-3-2-6-20-13/h2-6H,1H3. The van der Waals surface area contributed by atoms with Gasteiger partial charge in [-0.25, -0.2) is 0 Å². The Kier molecular flexibility index (Phi) is 3.91. The van der Waals surface area contributed by atoms with Gasteiger partial charge in [0.1, 0.15) is 12.1 Å². The zero-order valence-corrected chi connectivity index (χ0v) is 13.9. The minimum absolute atomic E-state index is 0.00491. The van der Waals surface area contributed by atoms with Crippen LogP contribution in [0.4, 0.5) is 0 Å². The van der Waals surface area contributed by atoms with Crippen LogP contribution in [0.15, 0.2) is 29.6 Å². The third kappa shape index (κ3) is 2.38. The minimum atomic E-state index is 0.00491. The molecule has 22 heavy (non-hydrogen) atoms. The van der Waals surface area contributed by atoms with Gasteiger partial charge in [-0.3, -0.25) is 4.79 Å². The van der Waals surface area contributed by atoms with Crippen LogP contribution in [0.3, 0.4) is 0 Å². The molecule has 0 saturated heterocycles. The summed E-state index contributed by atoms with van der Waals surface area (Å²) in [4.78, 5) is 15.5. The molecule has 0 spiro atoms. The van der Waals surface area contributed by atoms with Gasteiger partial charge in [-0.05, 0) is 30.5 Å². The van der Waals surface area contributed by atoms with Crippen LogP contribution in [0.25, 0.3) is 19.5 Å². The molecule has 0 aliphatic rings. The summed E-state index contributed by atoms with van der Waals surface area (Å²) in [5.41, 5.74) is 0.815. The molecule has 0 aliphatic heterocycles. The van der Waals surface area contributed by atoms with Gasteiger partial charge >= 0.3 is 0 Å². The van der Waals surface area contributed by atoms with E-state index in [1.165, 1.54) is 29.6 Å². The summed E-state index contributed by atoms with van der Waals surface area (Å²) < 4.78 is 0. The maximum atomic E-state index is 11.5. The molecule has 3 nitrogen and oxygen atoms in total. The molecule has 0 atom stereocenters. The normalized spacial score (nSPS) is 10.1. The Balaban J connectivity index is 2.22. The molecule has 3 rings (SSSR count). The van der Waals surface area contributed by atoms with Crippen LogP contribution in [0.5, 0.6) is 0 Å². The van der Waals surface area contributed by atoms with E-state index in [0.29, 0.717) is 16.0 Å². The summed E-state index contributed by atoms with van der Waals surface area (Å²) in [5.74, 6) is 0.00491. The quantitative estimate of drug-likeness (QED) is 0.619. The SMILES string of the molecule is CC(=O)c1ccc(-c2sc(-c3cccs3)c(C#N)c2C#N)s1.